The normalized spacial score (nSPS) is 14.3. The highest BCUT2D eigenvalue weighted by atomic mass is 17.2. The quantitative estimate of drug-likeness (QED) is 0.300. The Bertz CT molecular complexity index is 468. The average Bonchev–Trinajstić information content (AvgIpc) is 2.56. The summed E-state index contributed by atoms with van der Waals surface area (Å²) in [5, 5.41) is 8.65. The maximum Gasteiger partial charge on any atom is 0.206 e. The Labute approximate surface area is 141 Å². The molecule has 23 heavy (non-hydrogen) atoms. The van der Waals surface area contributed by atoms with E-state index in [1.807, 2.05) is 32.0 Å². The van der Waals surface area contributed by atoms with Crippen LogP contribution in [0.15, 0.2) is 40.6 Å². The summed E-state index contributed by atoms with van der Waals surface area (Å²) >= 11 is 0. The molecule has 4 nitrogen and oxygen atoms in total. The van der Waals surface area contributed by atoms with Crippen LogP contribution in [0.4, 0.5) is 0 Å². The van der Waals surface area contributed by atoms with Crippen LogP contribution in [-0.4, -0.2) is 11.8 Å². The maximum atomic E-state index is 5.92. The largest absolute Gasteiger partial charge is 0.223 e. The molecule has 0 heterocycles. The van der Waals surface area contributed by atoms with Gasteiger partial charge in [0.2, 0.25) is 5.72 Å². The lowest BCUT2D eigenvalue weighted by molar-refractivity contribution is -0.413. The van der Waals surface area contributed by atoms with Crippen molar-refractivity contribution in [3.8, 4) is 0 Å². The molecule has 0 bridgehead atoms. The monoisotopic (exact) mass is 320 g/mol. The molecule has 0 saturated heterocycles. The molecular weight excluding hydrogens is 288 g/mol. The van der Waals surface area contributed by atoms with Crippen LogP contribution in [0.1, 0.15) is 72.8 Å². The molecule has 1 rings (SSSR count). The topological polar surface area (TPSA) is 43.2 Å². The lowest BCUT2D eigenvalue weighted by atomic mass is 9.89. The molecule has 1 aromatic rings. The summed E-state index contributed by atoms with van der Waals surface area (Å²) in [6.45, 7) is 12.2. The lowest BCUT2D eigenvalue weighted by Crippen LogP contribution is -2.33. The standard InChI is InChI=1S/C19H32N2O2/c1-7-13-16(4)20-21-18(5,6)22-23-19(8-2,9-3)17-14-11-10-12-15-17/h10-12,14-16H,7-9,13H2,1-6H3/b21-20+. The molecule has 0 aromatic heterocycles. The third-order valence-electron chi connectivity index (χ3n) is 4.05. The number of hydrogen-bond acceptors (Lipinski definition) is 4. The summed E-state index contributed by atoms with van der Waals surface area (Å²) in [4.78, 5) is 11.6. The minimum Gasteiger partial charge on any atom is -0.223 e. The maximum absolute atomic E-state index is 5.92. The molecule has 1 aromatic carbocycles. The molecule has 4 heteroatoms. The van der Waals surface area contributed by atoms with Gasteiger partial charge in [-0.05, 0) is 45.6 Å². The molecule has 1 atom stereocenters. The Morgan fingerprint density at radius 3 is 2.13 bits per heavy atom. The molecule has 0 amide bonds. The molecule has 0 saturated carbocycles. The van der Waals surface area contributed by atoms with Crippen LogP contribution < -0.4 is 0 Å². The summed E-state index contributed by atoms with van der Waals surface area (Å²) in [7, 11) is 0. The summed E-state index contributed by atoms with van der Waals surface area (Å²) in [5.41, 5.74) is -0.132. The first kappa shape index (κ1) is 19.8. The predicted octanol–water partition coefficient (Wildman–Crippen LogP) is 6.03. The van der Waals surface area contributed by atoms with Crippen LogP contribution in [0.25, 0.3) is 0 Å². The van der Waals surface area contributed by atoms with Gasteiger partial charge in [0, 0.05) is 0 Å². The van der Waals surface area contributed by atoms with Gasteiger partial charge in [0.15, 0.2) is 0 Å². The Morgan fingerprint density at radius 2 is 1.61 bits per heavy atom. The van der Waals surface area contributed by atoms with Gasteiger partial charge >= 0.3 is 0 Å². The number of rotatable bonds is 10. The van der Waals surface area contributed by atoms with Crippen LogP contribution in [0.5, 0.6) is 0 Å². The Morgan fingerprint density at radius 1 is 1.00 bits per heavy atom. The Hall–Kier alpha value is -1.26. The van der Waals surface area contributed by atoms with Gasteiger partial charge in [0.1, 0.15) is 5.60 Å². The Balaban J connectivity index is 2.78. The highest BCUT2D eigenvalue weighted by Gasteiger charge is 2.34. The van der Waals surface area contributed by atoms with E-state index in [4.69, 9.17) is 9.78 Å². The van der Waals surface area contributed by atoms with Gasteiger partial charge in [-0.25, -0.2) is 9.78 Å². The van der Waals surface area contributed by atoms with Crippen molar-refractivity contribution < 1.29 is 9.78 Å². The van der Waals surface area contributed by atoms with E-state index in [9.17, 15) is 0 Å². The zero-order valence-corrected chi connectivity index (χ0v) is 15.5. The smallest absolute Gasteiger partial charge is 0.206 e. The molecule has 0 aliphatic rings. The third-order valence-corrected chi connectivity index (χ3v) is 4.05. The first-order chi connectivity index (χ1) is 10.9. The van der Waals surface area contributed by atoms with Crippen LogP contribution in [0.2, 0.25) is 0 Å². The highest BCUT2D eigenvalue weighted by molar-refractivity contribution is 5.22. The summed E-state index contributed by atoms with van der Waals surface area (Å²) in [6, 6.07) is 10.4. The van der Waals surface area contributed by atoms with Crippen LogP contribution in [-0.2, 0) is 15.4 Å². The molecule has 1 unspecified atom stereocenters. The van der Waals surface area contributed by atoms with E-state index in [1.54, 1.807) is 0 Å². The zero-order chi connectivity index (χ0) is 17.3. The van der Waals surface area contributed by atoms with E-state index in [-0.39, 0.29) is 6.04 Å². The molecule has 0 fully saturated rings. The van der Waals surface area contributed by atoms with Crippen molar-refractivity contribution in [1.29, 1.82) is 0 Å². The van der Waals surface area contributed by atoms with E-state index in [1.165, 1.54) is 0 Å². The number of hydrogen-bond donors (Lipinski definition) is 0. The first-order valence-corrected chi connectivity index (χ1v) is 8.73. The van der Waals surface area contributed by atoms with Gasteiger partial charge in [-0.1, -0.05) is 57.5 Å². The highest BCUT2D eigenvalue weighted by Crippen LogP contribution is 2.34. The number of nitrogens with zero attached hydrogens (tertiary/aromatic N) is 2. The summed E-state index contributed by atoms with van der Waals surface area (Å²) < 4.78 is 0. The van der Waals surface area contributed by atoms with Gasteiger partial charge in [-0.2, -0.15) is 10.2 Å². The van der Waals surface area contributed by atoms with E-state index in [0.29, 0.717) is 0 Å². The number of azo groups is 1. The van der Waals surface area contributed by atoms with Crippen molar-refractivity contribution >= 4 is 0 Å². The van der Waals surface area contributed by atoms with E-state index < -0.39 is 11.3 Å². The first-order valence-electron chi connectivity index (χ1n) is 8.73. The Kier molecular flexibility index (Phi) is 7.86. The van der Waals surface area contributed by atoms with Gasteiger partial charge in [0.05, 0.1) is 6.04 Å². The van der Waals surface area contributed by atoms with Crippen molar-refractivity contribution in [2.24, 2.45) is 10.2 Å². The third kappa shape index (κ3) is 6.04. The molecule has 0 N–H and O–H groups in total. The zero-order valence-electron chi connectivity index (χ0n) is 15.5. The van der Waals surface area contributed by atoms with Crippen molar-refractivity contribution in [3.63, 3.8) is 0 Å². The van der Waals surface area contributed by atoms with Crippen LogP contribution in [0, 0.1) is 0 Å². The summed E-state index contributed by atoms with van der Waals surface area (Å²) in [5.74, 6) is 0. The molecule has 0 aliphatic carbocycles. The fourth-order valence-electron chi connectivity index (χ4n) is 2.48. The van der Waals surface area contributed by atoms with Crippen molar-refractivity contribution in [2.75, 3.05) is 0 Å². The van der Waals surface area contributed by atoms with E-state index in [0.717, 1.165) is 31.2 Å². The fourth-order valence-corrected chi connectivity index (χ4v) is 2.48. The van der Waals surface area contributed by atoms with E-state index in [2.05, 4.69) is 50.1 Å². The minimum absolute atomic E-state index is 0.208. The second-order valence-corrected chi connectivity index (χ2v) is 6.53. The van der Waals surface area contributed by atoms with Crippen molar-refractivity contribution in [2.45, 2.75) is 84.6 Å². The summed E-state index contributed by atoms with van der Waals surface area (Å²) in [6.07, 6.45) is 3.78. The van der Waals surface area contributed by atoms with Gasteiger partial charge in [0.25, 0.3) is 0 Å². The van der Waals surface area contributed by atoms with E-state index >= 15 is 0 Å². The van der Waals surface area contributed by atoms with Gasteiger partial charge in [-0.3, -0.25) is 0 Å². The molecule has 0 radical (unpaired) electrons. The molecular formula is C19H32N2O2. The second-order valence-electron chi connectivity index (χ2n) is 6.53. The average molecular weight is 320 g/mol. The fraction of sp³-hybridized carbons (Fsp3) is 0.684. The number of benzene rings is 1. The molecule has 0 aliphatic heterocycles. The lowest BCUT2D eigenvalue weighted by Gasteiger charge is -2.33. The molecule has 0 spiro atoms. The van der Waals surface area contributed by atoms with Crippen molar-refractivity contribution in [3.05, 3.63) is 35.9 Å². The van der Waals surface area contributed by atoms with Crippen LogP contribution in [0.3, 0.4) is 0 Å². The second kappa shape index (κ2) is 9.14. The van der Waals surface area contributed by atoms with Gasteiger partial charge < -0.3 is 0 Å². The van der Waals surface area contributed by atoms with Crippen LogP contribution >= 0.6 is 0 Å². The molecule has 130 valence electrons. The van der Waals surface area contributed by atoms with Crippen molar-refractivity contribution in [1.82, 2.24) is 0 Å². The SMILES string of the molecule is CCCC(C)/N=N/C(C)(C)OOC(CC)(CC)c1ccccc1. The minimum atomic E-state index is -0.799. The predicted molar refractivity (Wildman–Crippen MR) is 94.2 cm³/mol. The van der Waals surface area contributed by atoms with Gasteiger partial charge in [-0.15, -0.1) is 0 Å².